The van der Waals surface area contributed by atoms with E-state index in [1.54, 1.807) is 30.8 Å². The summed E-state index contributed by atoms with van der Waals surface area (Å²) in [5, 5.41) is 3.14. The van der Waals surface area contributed by atoms with Crippen LogP contribution >= 0.6 is 11.8 Å². The third kappa shape index (κ3) is 5.24. The molecule has 0 aliphatic carbocycles. The number of anilines is 1. The molecule has 4 nitrogen and oxygen atoms in total. The van der Waals surface area contributed by atoms with Crippen LogP contribution < -0.4 is 5.32 Å². The Balaban J connectivity index is 2.65. The number of nitrogens with one attached hydrogen (secondary N) is 1. The third-order valence-corrected chi connectivity index (χ3v) is 5.27. The summed E-state index contributed by atoms with van der Waals surface area (Å²) in [5.74, 6) is 0.390. The normalized spacial score (nSPS) is 11.6. The van der Waals surface area contributed by atoms with E-state index in [9.17, 15) is 13.2 Å². The van der Waals surface area contributed by atoms with Gasteiger partial charge in [-0.1, -0.05) is 20.8 Å². The highest BCUT2D eigenvalue weighted by Crippen LogP contribution is 2.16. The minimum Gasteiger partial charge on any atom is -0.325 e. The Morgan fingerprint density at radius 1 is 1.26 bits per heavy atom. The van der Waals surface area contributed by atoms with Gasteiger partial charge in [0.15, 0.2) is 9.84 Å². The van der Waals surface area contributed by atoms with Gasteiger partial charge in [-0.25, -0.2) is 8.42 Å². The number of carbonyl (C=O) groups is 1. The number of benzene rings is 1. The number of sulfone groups is 1. The summed E-state index contributed by atoms with van der Waals surface area (Å²) < 4.78 is 23.2. The van der Waals surface area contributed by atoms with Gasteiger partial charge < -0.3 is 5.32 Å². The van der Waals surface area contributed by atoms with Crippen LogP contribution in [0.5, 0.6) is 0 Å². The Morgan fingerprint density at radius 3 is 2.32 bits per heavy atom. The Labute approximate surface area is 118 Å². The first kappa shape index (κ1) is 16.0. The van der Waals surface area contributed by atoms with Crippen LogP contribution in [0.3, 0.4) is 0 Å². The van der Waals surface area contributed by atoms with E-state index in [0.29, 0.717) is 16.7 Å². The van der Waals surface area contributed by atoms with Crippen molar-refractivity contribution in [3.8, 4) is 0 Å². The molecule has 0 aliphatic heterocycles. The quantitative estimate of drug-likeness (QED) is 0.877. The summed E-state index contributed by atoms with van der Waals surface area (Å²) in [7, 11) is -3.18. The van der Waals surface area contributed by atoms with Gasteiger partial charge in [-0.3, -0.25) is 4.79 Å². The maximum absolute atomic E-state index is 11.6. The highest BCUT2D eigenvalue weighted by molar-refractivity contribution is 8.00. The molecule has 1 aromatic carbocycles. The molecule has 1 rings (SSSR count). The van der Waals surface area contributed by atoms with Crippen molar-refractivity contribution < 1.29 is 13.2 Å². The van der Waals surface area contributed by atoms with E-state index in [4.69, 9.17) is 0 Å². The first-order valence-corrected chi connectivity index (χ1v) is 8.79. The molecule has 0 bridgehead atoms. The minimum absolute atomic E-state index is 0.0731. The largest absolute Gasteiger partial charge is 0.325 e. The van der Waals surface area contributed by atoms with Gasteiger partial charge in [0.25, 0.3) is 0 Å². The van der Waals surface area contributed by atoms with Crippen molar-refractivity contribution in [1.82, 2.24) is 0 Å². The maximum atomic E-state index is 11.6. The molecule has 0 saturated heterocycles. The van der Waals surface area contributed by atoms with E-state index in [1.165, 1.54) is 12.1 Å². The lowest BCUT2D eigenvalue weighted by Gasteiger charge is -2.07. The fourth-order valence-electron chi connectivity index (χ4n) is 1.35. The van der Waals surface area contributed by atoms with Crippen LogP contribution in [-0.4, -0.2) is 31.1 Å². The molecule has 0 radical (unpaired) electrons. The van der Waals surface area contributed by atoms with Gasteiger partial charge in [-0.2, -0.15) is 0 Å². The number of rotatable bonds is 6. The Morgan fingerprint density at radius 2 is 1.84 bits per heavy atom. The molecule has 6 heteroatoms. The zero-order chi connectivity index (χ0) is 14.5. The predicted octanol–water partition coefficient (Wildman–Crippen LogP) is 2.56. The fourth-order valence-corrected chi connectivity index (χ4v) is 2.79. The van der Waals surface area contributed by atoms with Crippen molar-refractivity contribution in [2.45, 2.75) is 30.9 Å². The number of amides is 1. The van der Waals surface area contributed by atoms with Crippen LogP contribution in [0.4, 0.5) is 5.69 Å². The van der Waals surface area contributed by atoms with E-state index in [1.807, 2.05) is 13.8 Å². The van der Waals surface area contributed by atoms with E-state index >= 15 is 0 Å². The minimum atomic E-state index is -3.18. The molecule has 0 spiro atoms. The molecule has 0 unspecified atom stereocenters. The second-order valence-corrected chi connectivity index (χ2v) is 8.18. The van der Waals surface area contributed by atoms with Crippen LogP contribution in [0, 0.1) is 0 Å². The molecule has 1 aromatic rings. The number of carbonyl (C=O) groups excluding carboxylic acids is 1. The Hall–Kier alpha value is -1.01. The summed E-state index contributed by atoms with van der Waals surface area (Å²) in [6, 6.07) is 6.26. The van der Waals surface area contributed by atoms with Gasteiger partial charge in [0.05, 0.1) is 16.4 Å². The van der Waals surface area contributed by atoms with Gasteiger partial charge >= 0.3 is 0 Å². The summed E-state index contributed by atoms with van der Waals surface area (Å²) >= 11 is 1.56. The molecule has 1 amide bonds. The second-order valence-electron chi connectivity index (χ2n) is 4.34. The monoisotopic (exact) mass is 301 g/mol. The van der Waals surface area contributed by atoms with Gasteiger partial charge in [-0.05, 0) is 29.5 Å². The van der Waals surface area contributed by atoms with Crippen LogP contribution in [0.15, 0.2) is 29.2 Å². The number of hydrogen-bond donors (Lipinski definition) is 1. The lowest BCUT2D eigenvalue weighted by molar-refractivity contribution is -0.113. The van der Waals surface area contributed by atoms with Crippen molar-refractivity contribution in [2.75, 3.05) is 16.8 Å². The smallest absolute Gasteiger partial charge is 0.234 e. The average molecular weight is 301 g/mol. The van der Waals surface area contributed by atoms with Crippen LogP contribution in [-0.2, 0) is 14.6 Å². The molecule has 0 saturated carbocycles. The standard InChI is InChI=1S/C13H19NO3S2/c1-4-19(16,17)12-7-5-11(6-8-12)14-13(15)9-18-10(2)3/h5-8,10H,4,9H2,1-3H3,(H,14,15). The highest BCUT2D eigenvalue weighted by atomic mass is 32.2. The Kier molecular flexibility index (Phi) is 5.87. The third-order valence-electron chi connectivity index (χ3n) is 2.42. The molecule has 106 valence electrons. The lowest BCUT2D eigenvalue weighted by atomic mass is 10.3. The summed E-state index contributed by atoms with van der Waals surface area (Å²) in [6.45, 7) is 5.67. The molecule has 0 fully saturated rings. The van der Waals surface area contributed by atoms with Gasteiger partial charge in [0.1, 0.15) is 0 Å². The van der Waals surface area contributed by atoms with Crippen LogP contribution in [0.2, 0.25) is 0 Å². The lowest BCUT2D eigenvalue weighted by Crippen LogP contribution is -2.15. The number of thioether (sulfide) groups is 1. The maximum Gasteiger partial charge on any atom is 0.234 e. The van der Waals surface area contributed by atoms with Crippen molar-refractivity contribution in [3.63, 3.8) is 0 Å². The fraction of sp³-hybridized carbons (Fsp3) is 0.462. The second kappa shape index (κ2) is 6.96. The van der Waals surface area contributed by atoms with Crippen LogP contribution in [0.25, 0.3) is 0 Å². The average Bonchev–Trinajstić information content (AvgIpc) is 2.37. The molecular formula is C13H19NO3S2. The predicted molar refractivity (Wildman–Crippen MR) is 80.4 cm³/mol. The summed E-state index contributed by atoms with van der Waals surface area (Å²) in [4.78, 5) is 11.9. The van der Waals surface area contributed by atoms with Crippen LogP contribution in [0.1, 0.15) is 20.8 Å². The van der Waals surface area contributed by atoms with Crippen molar-refractivity contribution in [3.05, 3.63) is 24.3 Å². The van der Waals surface area contributed by atoms with Crippen molar-refractivity contribution in [1.29, 1.82) is 0 Å². The molecule has 0 aliphatic rings. The van der Waals surface area contributed by atoms with Crippen molar-refractivity contribution in [2.24, 2.45) is 0 Å². The summed E-state index contributed by atoms with van der Waals surface area (Å²) in [6.07, 6.45) is 0. The zero-order valence-corrected chi connectivity index (χ0v) is 13.0. The van der Waals surface area contributed by atoms with E-state index in [-0.39, 0.29) is 16.6 Å². The zero-order valence-electron chi connectivity index (χ0n) is 11.3. The molecule has 19 heavy (non-hydrogen) atoms. The SMILES string of the molecule is CCS(=O)(=O)c1ccc(NC(=O)CSC(C)C)cc1. The van der Waals surface area contributed by atoms with E-state index in [2.05, 4.69) is 5.32 Å². The van der Waals surface area contributed by atoms with Gasteiger partial charge in [-0.15, -0.1) is 11.8 Å². The molecule has 0 heterocycles. The van der Waals surface area contributed by atoms with E-state index in [0.717, 1.165) is 0 Å². The topological polar surface area (TPSA) is 63.2 Å². The van der Waals surface area contributed by atoms with Gasteiger partial charge in [0.2, 0.25) is 5.91 Å². The number of hydrogen-bond acceptors (Lipinski definition) is 4. The molecule has 0 aromatic heterocycles. The van der Waals surface area contributed by atoms with E-state index < -0.39 is 9.84 Å². The first-order valence-electron chi connectivity index (χ1n) is 6.09. The van der Waals surface area contributed by atoms with Crippen molar-refractivity contribution >= 4 is 33.2 Å². The van der Waals surface area contributed by atoms with Gasteiger partial charge in [0, 0.05) is 5.69 Å². The summed E-state index contributed by atoms with van der Waals surface area (Å²) in [5.41, 5.74) is 0.615. The first-order chi connectivity index (χ1) is 8.85. The Bertz CT molecular complexity index is 521. The molecule has 0 atom stereocenters. The molecular weight excluding hydrogens is 282 g/mol. The highest BCUT2D eigenvalue weighted by Gasteiger charge is 2.11. The molecule has 1 N–H and O–H groups in total.